The highest BCUT2D eigenvalue weighted by molar-refractivity contribution is 5.91. The molecular weight excluding hydrogens is 266 g/mol. The quantitative estimate of drug-likeness (QED) is 0.780. The zero-order chi connectivity index (χ0) is 16.0. The second kappa shape index (κ2) is 7.11. The van der Waals surface area contributed by atoms with Crippen LogP contribution in [0.3, 0.4) is 0 Å². The molecule has 1 aromatic rings. The molecule has 1 aromatic carbocycles. The van der Waals surface area contributed by atoms with E-state index in [1.807, 2.05) is 32.9 Å². The van der Waals surface area contributed by atoms with Crippen LogP contribution in [-0.2, 0) is 15.0 Å². The Bertz CT molecular complexity index is 495. The second-order valence-electron chi connectivity index (χ2n) is 5.65. The van der Waals surface area contributed by atoms with Crippen molar-refractivity contribution in [3.63, 3.8) is 0 Å². The number of hydrogen-bond acceptors (Lipinski definition) is 3. The number of nitrogens with two attached hydrogens (primary N) is 1. The predicted octanol–water partition coefficient (Wildman–Crippen LogP) is 1.53. The van der Waals surface area contributed by atoms with Crippen LogP contribution in [0, 0.1) is 0 Å². The molecule has 0 heterocycles. The molecule has 5 nitrogen and oxygen atoms in total. The molecule has 0 saturated heterocycles. The molecule has 0 spiro atoms. The van der Waals surface area contributed by atoms with E-state index in [0.29, 0.717) is 12.2 Å². The number of hydrogen-bond donors (Lipinski definition) is 2. The van der Waals surface area contributed by atoms with Crippen molar-refractivity contribution < 1.29 is 9.59 Å². The molecule has 0 aliphatic rings. The summed E-state index contributed by atoms with van der Waals surface area (Å²) in [5.74, 6) is -0.220. The summed E-state index contributed by atoms with van der Waals surface area (Å²) in [6.07, 6.45) is 0.806. The number of anilines is 1. The molecule has 0 aromatic heterocycles. The number of nitrogens with zero attached hydrogens (tertiary/aromatic N) is 1. The van der Waals surface area contributed by atoms with Crippen LogP contribution in [-0.4, -0.2) is 36.9 Å². The fraction of sp³-hybridized carbons (Fsp3) is 0.500. The van der Waals surface area contributed by atoms with E-state index in [9.17, 15) is 9.59 Å². The minimum Gasteiger partial charge on any atom is -0.399 e. The fourth-order valence-corrected chi connectivity index (χ4v) is 2.19. The van der Waals surface area contributed by atoms with Crippen molar-refractivity contribution in [3.8, 4) is 0 Å². The fourth-order valence-electron chi connectivity index (χ4n) is 2.19. The molecule has 0 radical (unpaired) electrons. The molecule has 0 unspecified atom stereocenters. The molecule has 0 atom stereocenters. The van der Waals surface area contributed by atoms with Crippen LogP contribution in [0.25, 0.3) is 0 Å². The van der Waals surface area contributed by atoms with Crippen molar-refractivity contribution in [1.82, 2.24) is 10.2 Å². The Labute approximate surface area is 126 Å². The van der Waals surface area contributed by atoms with Crippen LogP contribution in [0.15, 0.2) is 24.3 Å². The lowest BCUT2D eigenvalue weighted by atomic mass is 9.83. The number of nitrogens with one attached hydrogen (secondary N) is 1. The van der Waals surface area contributed by atoms with Gasteiger partial charge in [-0.1, -0.05) is 19.1 Å². The van der Waals surface area contributed by atoms with Gasteiger partial charge in [0.05, 0.1) is 12.0 Å². The van der Waals surface area contributed by atoms with Crippen molar-refractivity contribution in [1.29, 1.82) is 0 Å². The lowest BCUT2D eigenvalue weighted by Gasteiger charge is -2.32. The first-order chi connectivity index (χ1) is 9.82. The molecule has 3 N–H and O–H groups in total. The number of carbonyl (C=O) groups excluding carboxylic acids is 2. The zero-order valence-corrected chi connectivity index (χ0v) is 13.3. The molecule has 0 fully saturated rings. The molecular formula is C16H25N3O2. The molecule has 116 valence electrons. The number of carbonyl (C=O) groups is 2. The van der Waals surface area contributed by atoms with Gasteiger partial charge >= 0.3 is 0 Å². The van der Waals surface area contributed by atoms with E-state index in [2.05, 4.69) is 5.32 Å². The number of likely N-dealkylation sites (N-methyl/N-ethyl adjacent to an activating group) is 1. The average molecular weight is 291 g/mol. The highest BCUT2D eigenvalue weighted by atomic mass is 16.2. The van der Waals surface area contributed by atoms with Crippen LogP contribution < -0.4 is 11.1 Å². The summed E-state index contributed by atoms with van der Waals surface area (Å²) in [5, 5.41) is 2.56. The smallest absolute Gasteiger partial charge is 0.239 e. The van der Waals surface area contributed by atoms with E-state index in [0.717, 1.165) is 12.0 Å². The summed E-state index contributed by atoms with van der Waals surface area (Å²) in [7, 11) is 1.57. The maximum Gasteiger partial charge on any atom is 0.239 e. The zero-order valence-electron chi connectivity index (χ0n) is 13.3. The van der Waals surface area contributed by atoms with Crippen LogP contribution in [0.1, 0.15) is 32.8 Å². The largest absolute Gasteiger partial charge is 0.399 e. The standard InChI is InChI=1S/C16H25N3O2/c1-5-10-19(11-14(20)18-4)15(21)16(2,3)12-6-8-13(17)9-7-12/h6-9H,5,10-11,17H2,1-4H3,(H,18,20). The second-order valence-corrected chi connectivity index (χ2v) is 5.65. The number of rotatable bonds is 6. The van der Waals surface area contributed by atoms with Crippen LogP contribution in [0.2, 0.25) is 0 Å². The van der Waals surface area contributed by atoms with Gasteiger partial charge in [-0.2, -0.15) is 0 Å². The molecule has 5 heteroatoms. The SMILES string of the molecule is CCCN(CC(=O)NC)C(=O)C(C)(C)c1ccc(N)cc1. The Balaban J connectivity index is 2.99. The minimum absolute atomic E-state index is 0.0577. The van der Waals surface area contributed by atoms with Gasteiger partial charge in [-0.3, -0.25) is 9.59 Å². The molecule has 21 heavy (non-hydrogen) atoms. The van der Waals surface area contributed by atoms with E-state index in [4.69, 9.17) is 5.73 Å². The normalized spacial score (nSPS) is 11.0. The monoisotopic (exact) mass is 291 g/mol. The summed E-state index contributed by atoms with van der Waals surface area (Å²) in [5.41, 5.74) is 6.54. The van der Waals surface area contributed by atoms with E-state index >= 15 is 0 Å². The van der Waals surface area contributed by atoms with E-state index in [1.54, 1.807) is 24.1 Å². The van der Waals surface area contributed by atoms with Gasteiger partial charge in [0.1, 0.15) is 0 Å². The van der Waals surface area contributed by atoms with Crippen molar-refractivity contribution in [2.75, 3.05) is 25.9 Å². The number of amides is 2. The van der Waals surface area contributed by atoms with Crippen molar-refractivity contribution in [3.05, 3.63) is 29.8 Å². The minimum atomic E-state index is -0.698. The Kier molecular flexibility index (Phi) is 5.76. The highest BCUT2D eigenvalue weighted by Gasteiger charge is 2.34. The Morgan fingerprint density at radius 3 is 2.29 bits per heavy atom. The van der Waals surface area contributed by atoms with Crippen molar-refractivity contribution in [2.45, 2.75) is 32.6 Å². The molecule has 2 amide bonds. The van der Waals surface area contributed by atoms with Gasteiger partial charge in [-0.15, -0.1) is 0 Å². The molecule has 0 bridgehead atoms. The van der Waals surface area contributed by atoms with Gasteiger partial charge in [-0.25, -0.2) is 0 Å². The third-order valence-electron chi connectivity index (χ3n) is 3.56. The molecule has 0 aliphatic heterocycles. The summed E-state index contributed by atoms with van der Waals surface area (Å²) in [4.78, 5) is 26.0. The maximum atomic E-state index is 12.8. The van der Waals surface area contributed by atoms with Crippen molar-refractivity contribution >= 4 is 17.5 Å². The lowest BCUT2D eigenvalue weighted by Crippen LogP contribution is -2.47. The summed E-state index contributed by atoms with van der Waals surface area (Å²) in [6.45, 7) is 6.37. The van der Waals surface area contributed by atoms with Crippen LogP contribution in [0.4, 0.5) is 5.69 Å². The highest BCUT2D eigenvalue weighted by Crippen LogP contribution is 2.26. The summed E-state index contributed by atoms with van der Waals surface area (Å²) < 4.78 is 0. The molecule has 1 rings (SSSR count). The van der Waals surface area contributed by atoms with Crippen LogP contribution in [0.5, 0.6) is 0 Å². The Morgan fingerprint density at radius 2 is 1.81 bits per heavy atom. The van der Waals surface area contributed by atoms with E-state index < -0.39 is 5.41 Å². The Morgan fingerprint density at radius 1 is 1.24 bits per heavy atom. The third-order valence-corrected chi connectivity index (χ3v) is 3.56. The van der Waals surface area contributed by atoms with E-state index in [1.165, 1.54) is 0 Å². The number of benzene rings is 1. The molecule has 0 aliphatic carbocycles. The first-order valence-electron chi connectivity index (χ1n) is 7.19. The topological polar surface area (TPSA) is 75.4 Å². The lowest BCUT2D eigenvalue weighted by molar-refractivity contribution is -0.140. The van der Waals surface area contributed by atoms with Gasteiger partial charge in [0.2, 0.25) is 11.8 Å². The molecule has 0 saturated carbocycles. The van der Waals surface area contributed by atoms with E-state index in [-0.39, 0.29) is 18.4 Å². The van der Waals surface area contributed by atoms with Crippen molar-refractivity contribution in [2.24, 2.45) is 0 Å². The summed E-state index contributed by atoms with van der Waals surface area (Å²) in [6, 6.07) is 7.29. The third kappa shape index (κ3) is 4.21. The maximum absolute atomic E-state index is 12.8. The first kappa shape index (κ1) is 17.0. The number of nitrogen functional groups attached to an aromatic ring is 1. The van der Waals surface area contributed by atoms with Crippen LogP contribution >= 0.6 is 0 Å². The van der Waals surface area contributed by atoms with Gasteiger partial charge in [0.25, 0.3) is 0 Å². The summed E-state index contributed by atoms with van der Waals surface area (Å²) >= 11 is 0. The van der Waals surface area contributed by atoms with Gasteiger partial charge in [0, 0.05) is 19.3 Å². The van der Waals surface area contributed by atoms with Gasteiger partial charge in [0.15, 0.2) is 0 Å². The van der Waals surface area contributed by atoms with Gasteiger partial charge in [-0.05, 0) is 38.0 Å². The average Bonchev–Trinajstić information content (AvgIpc) is 2.46. The van der Waals surface area contributed by atoms with Gasteiger partial charge < -0.3 is 16.0 Å². The predicted molar refractivity (Wildman–Crippen MR) is 84.8 cm³/mol. The Hall–Kier alpha value is -2.04. The first-order valence-corrected chi connectivity index (χ1v) is 7.19.